The number of nitrogens with two attached hydrogens (primary N) is 1. The van der Waals surface area contributed by atoms with E-state index >= 15 is 0 Å². The zero-order valence-electron chi connectivity index (χ0n) is 11.2. The predicted octanol–water partition coefficient (Wildman–Crippen LogP) is -0.976. The van der Waals surface area contributed by atoms with E-state index in [0.29, 0.717) is 11.2 Å². The number of aliphatic hydroxyl groups excluding tert-OH is 1. The summed E-state index contributed by atoms with van der Waals surface area (Å²) in [4.78, 5) is 29.4. The van der Waals surface area contributed by atoms with Crippen molar-refractivity contribution in [2.75, 3.05) is 18.9 Å². The molecule has 22 heavy (non-hydrogen) atoms. The summed E-state index contributed by atoms with van der Waals surface area (Å²) in [5.41, 5.74) is 6.56. The van der Waals surface area contributed by atoms with Gasteiger partial charge in [0.2, 0.25) is 0 Å². The van der Waals surface area contributed by atoms with Crippen molar-refractivity contribution < 1.29 is 28.7 Å². The van der Waals surface area contributed by atoms with E-state index in [1.54, 1.807) is 4.57 Å². The van der Waals surface area contributed by atoms with E-state index in [1.807, 2.05) is 0 Å². The van der Waals surface area contributed by atoms with E-state index in [1.165, 1.54) is 12.7 Å². The Balaban J connectivity index is 1.78. The van der Waals surface area contributed by atoms with E-state index < -0.39 is 26.1 Å². The van der Waals surface area contributed by atoms with Gasteiger partial charge in [0.05, 0.1) is 31.6 Å². The second kappa shape index (κ2) is 5.54. The first kappa shape index (κ1) is 15.3. The van der Waals surface area contributed by atoms with Gasteiger partial charge >= 0.3 is 7.82 Å². The summed E-state index contributed by atoms with van der Waals surface area (Å²) in [5, 5.41) is 9.46. The molecule has 12 heteroatoms. The Morgan fingerprint density at radius 3 is 2.86 bits per heavy atom. The van der Waals surface area contributed by atoms with Crippen molar-refractivity contribution in [2.24, 2.45) is 5.92 Å². The lowest BCUT2D eigenvalue weighted by atomic mass is 9.95. The molecule has 0 unspecified atom stereocenters. The molecule has 2 aromatic heterocycles. The number of nitrogen functional groups attached to an aromatic ring is 1. The Labute approximate surface area is 124 Å². The van der Waals surface area contributed by atoms with Crippen LogP contribution in [-0.2, 0) is 13.8 Å². The van der Waals surface area contributed by atoms with Crippen molar-refractivity contribution in [1.29, 1.82) is 0 Å². The molecule has 0 spiro atoms. The highest BCUT2D eigenvalue weighted by molar-refractivity contribution is 7.46. The van der Waals surface area contributed by atoms with Gasteiger partial charge in [0.1, 0.15) is 18.1 Å². The minimum absolute atomic E-state index is 0.227. The third-order valence-electron chi connectivity index (χ3n) is 3.44. The number of anilines is 1. The second-order valence-electron chi connectivity index (χ2n) is 4.78. The number of aliphatic hydroxyl groups is 1. The van der Waals surface area contributed by atoms with Crippen LogP contribution in [0.4, 0.5) is 5.82 Å². The summed E-state index contributed by atoms with van der Waals surface area (Å²) in [7, 11) is -4.58. The minimum Gasteiger partial charge on any atom is -0.396 e. The predicted molar refractivity (Wildman–Crippen MR) is 72.2 cm³/mol. The Kier molecular flexibility index (Phi) is 3.85. The van der Waals surface area contributed by atoms with Crippen LogP contribution in [0.25, 0.3) is 11.2 Å². The van der Waals surface area contributed by atoms with Crippen molar-refractivity contribution in [1.82, 2.24) is 19.5 Å². The number of phosphoric acid groups is 1. The van der Waals surface area contributed by atoms with Crippen LogP contribution in [0, 0.1) is 5.92 Å². The van der Waals surface area contributed by atoms with Crippen molar-refractivity contribution in [3.8, 4) is 0 Å². The number of rotatable bonds is 5. The maximum Gasteiger partial charge on any atom is 0.469 e. The molecular formula is C10H14N5O6P. The molecular weight excluding hydrogens is 317 g/mol. The Bertz CT molecular complexity index is 732. The molecule has 1 fully saturated rings. The lowest BCUT2D eigenvalue weighted by molar-refractivity contribution is -0.242. The van der Waals surface area contributed by atoms with Crippen molar-refractivity contribution in [3.63, 3.8) is 0 Å². The number of nitrogens with zero attached hydrogens (tertiary/aromatic N) is 4. The molecule has 120 valence electrons. The number of hydrogen-bond acceptors (Lipinski definition) is 8. The third-order valence-corrected chi connectivity index (χ3v) is 3.92. The van der Waals surface area contributed by atoms with E-state index in [4.69, 9.17) is 20.3 Å². The normalized spacial score (nSPS) is 25.3. The van der Waals surface area contributed by atoms with Crippen LogP contribution < -0.4 is 5.73 Å². The fraction of sp³-hybridized carbons (Fsp3) is 0.500. The highest BCUT2D eigenvalue weighted by atomic mass is 31.2. The van der Waals surface area contributed by atoms with Crippen molar-refractivity contribution in [2.45, 2.75) is 12.3 Å². The van der Waals surface area contributed by atoms with Crippen LogP contribution in [0.3, 0.4) is 0 Å². The quantitative estimate of drug-likeness (QED) is 0.500. The van der Waals surface area contributed by atoms with Gasteiger partial charge in [-0.15, -0.1) is 0 Å². The summed E-state index contributed by atoms with van der Waals surface area (Å²) in [6, 6.07) is 0. The molecule has 1 aliphatic rings. The average molecular weight is 331 g/mol. The van der Waals surface area contributed by atoms with E-state index in [2.05, 4.69) is 19.5 Å². The fourth-order valence-corrected chi connectivity index (χ4v) is 2.69. The van der Waals surface area contributed by atoms with Crippen LogP contribution in [0.2, 0.25) is 0 Å². The van der Waals surface area contributed by atoms with Gasteiger partial charge in [-0.25, -0.2) is 19.5 Å². The lowest BCUT2D eigenvalue weighted by Gasteiger charge is -2.43. The molecule has 3 rings (SSSR count). The van der Waals surface area contributed by atoms with Crippen LogP contribution >= 0.6 is 7.82 Å². The van der Waals surface area contributed by atoms with Gasteiger partial charge in [-0.3, -0.25) is 9.09 Å². The molecule has 0 amide bonds. The highest BCUT2D eigenvalue weighted by Crippen LogP contribution is 2.42. The first-order valence-electron chi connectivity index (χ1n) is 6.30. The van der Waals surface area contributed by atoms with Crippen LogP contribution in [0.15, 0.2) is 12.7 Å². The number of hydrogen-bond donors (Lipinski definition) is 4. The Morgan fingerprint density at radius 2 is 2.18 bits per heavy atom. The molecule has 0 aliphatic carbocycles. The van der Waals surface area contributed by atoms with Gasteiger partial charge in [0.15, 0.2) is 11.5 Å². The third kappa shape index (κ3) is 2.70. The topological polar surface area (TPSA) is 166 Å². The number of phosphoric ester groups is 1. The van der Waals surface area contributed by atoms with Gasteiger partial charge in [-0.2, -0.15) is 0 Å². The number of aromatic nitrogens is 4. The van der Waals surface area contributed by atoms with Gasteiger partial charge in [-0.1, -0.05) is 0 Å². The summed E-state index contributed by atoms with van der Waals surface area (Å²) in [6.45, 7) is -0.574. The molecule has 3 atom stereocenters. The summed E-state index contributed by atoms with van der Waals surface area (Å²) in [6.07, 6.45) is 1.54. The highest BCUT2D eigenvalue weighted by Gasteiger charge is 2.45. The zero-order chi connectivity index (χ0) is 15.9. The smallest absolute Gasteiger partial charge is 0.396 e. The Morgan fingerprint density at radius 1 is 1.41 bits per heavy atom. The molecule has 0 bridgehead atoms. The minimum atomic E-state index is -4.58. The SMILES string of the molecule is Nc1ncnc2c1ncn2[C@@H]1O[C@H](COP(=O)(O)O)[C@H]1CO. The fourth-order valence-electron chi connectivity index (χ4n) is 2.34. The van der Waals surface area contributed by atoms with E-state index in [-0.39, 0.29) is 19.0 Å². The van der Waals surface area contributed by atoms with Crippen LogP contribution in [-0.4, -0.2) is 53.7 Å². The average Bonchev–Trinajstić information content (AvgIpc) is 2.82. The molecule has 5 N–H and O–H groups in total. The summed E-state index contributed by atoms with van der Waals surface area (Å²) >= 11 is 0. The molecule has 0 radical (unpaired) electrons. The van der Waals surface area contributed by atoms with E-state index in [9.17, 15) is 9.67 Å². The number of imidazole rings is 1. The van der Waals surface area contributed by atoms with Crippen LogP contribution in [0.1, 0.15) is 6.23 Å². The molecule has 1 saturated heterocycles. The van der Waals surface area contributed by atoms with Crippen molar-refractivity contribution >= 4 is 24.8 Å². The number of ether oxygens (including phenoxy) is 1. The molecule has 2 aromatic rings. The molecule has 11 nitrogen and oxygen atoms in total. The Hall–Kier alpha value is -1.62. The molecule has 0 aromatic carbocycles. The number of fused-ring (bicyclic) bond motifs is 1. The molecule has 3 heterocycles. The monoisotopic (exact) mass is 331 g/mol. The molecule has 0 saturated carbocycles. The van der Waals surface area contributed by atoms with Gasteiger partial charge in [0.25, 0.3) is 0 Å². The van der Waals surface area contributed by atoms with Gasteiger partial charge in [-0.05, 0) is 0 Å². The van der Waals surface area contributed by atoms with Crippen molar-refractivity contribution in [3.05, 3.63) is 12.7 Å². The maximum absolute atomic E-state index is 10.7. The maximum atomic E-state index is 10.7. The first-order chi connectivity index (χ1) is 10.4. The summed E-state index contributed by atoms with van der Waals surface area (Å²) in [5.74, 6) is -0.190. The largest absolute Gasteiger partial charge is 0.469 e. The second-order valence-corrected chi connectivity index (χ2v) is 6.02. The van der Waals surface area contributed by atoms with Crippen LogP contribution in [0.5, 0.6) is 0 Å². The summed E-state index contributed by atoms with van der Waals surface area (Å²) < 4.78 is 22.2. The first-order valence-corrected chi connectivity index (χ1v) is 7.83. The lowest BCUT2D eigenvalue weighted by Crippen LogP contribution is -2.49. The standard InChI is InChI=1S/C10H14N5O6P/c11-8-7-9(13-3-12-8)15(4-14-7)10-5(1-16)6(21-10)2-20-22(17,18)19/h3-6,10,16H,1-2H2,(H2,11,12,13)(H2,17,18,19)/t5-,6-,10-/m1/s1. The van der Waals surface area contributed by atoms with Gasteiger partial charge in [0, 0.05) is 0 Å². The zero-order valence-corrected chi connectivity index (χ0v) is 12.1. The molecule has 1 aliphatic heterocycles. The van der Waals surface area contributed by atoms with Gasteiger partial charge < -0.3 is 25.4 Å². The van der Waals surface area contributed by atoms with E-state index in [0.717, 1.165) is 0 Å².